The molecule has 1 aromatic heterocycles. The molecule has 1 heterocycles. The maximum Gasteiger partial charge on any atom is 0.336 e. The van der Waals surface area contributed by atoms with Crippen molar-refractivity contribution in [1.29, 1.82) is 0 Å². The second-order valence-electron chi connectivity index (χ2n) is 3.92. The summed E-state index contributed by atoms with van der Waals surface area (Å²) >= 11 is 5.64. The summed E-state index contributed by atoms with van der Waals surface area (Å²) in [6, 6.07) is 5.34. The molecule has 0 fully saturated rings. The molecule has 2 aromatic rings. The van der Waals surface area contributed by atoms with Crippen LogP contribution in [0.1, 0.15) is 20.7 Å². The molecule has 0 spiro atoms. The molecule has 8 heteroatoms. The monoisotopic (exact) mass is 312 g/mol. The average molecular weight is 313 g/mol. The van der Waals surface area contributed by atoms with Gasteiger partial charge in [-0.15, -0.1) is 0 Å². The van der Waals surface area contributed by atoms with E-state index in [-0.39, 0.29) is 11.0 Å². The van der Waals surface area contributed by atoms with Crippen LogP contribution in [0.3, 0.4) is 0 Å². The van der Waals surface area contributed by atoms with Crippen LogP contribution in [-0.4, -0.2) is 22.0 Å². The molecule has 0 saturated heterocycles. The van der Waals surface area contributed by atoms with Gasteiger partial charge in [0.1, 0.15) is 11.0 Å². The number of carbonyl (C=O) groups is 2. The summed E-state index contributed by atoms with van der Waals surface area (Å²) in [5.41, 5.74) is -1.18. The summed E-state index contributed by atoms with van der Waals surface area (Å²) in [4.78, 5) is 26.7. The van der Waals surface area contributed by atoms with Crippen LogP contribution in [0, 0.1) is 11.6 Å². The van der Waals surface area contributed by atoms with Gasteiger partial charge < -0.3 is 10.4 Å². The Labute approximate surface area is 122 Å². The Morgan fingerprint density at radius 3 is 2.33 bits per heavy atom. The molecule has 0 saturated carbocycles. The van der Waals surface area contributed by atoms with Crippen LogP contribution in [0.15, 0.2) is 30.3 Å². The van der Waals surface area contributed by atoms with Gasteiger partial charge in [0, 0.05) is 0 Å². The fourth-order valence-electron chi connectivity index (χ4n) is 1.57. The van der Waals surface area contributed by atoms with Gasteiger partial charge in [-0.1, -0.05) is 17.7 Å². The first-order valence-corrected chi connectivity index (χ1v) is 5.92. The fourth-order valence-corrected chi connectivity index (χ4v) is 1.74. The number of carbonyl (C=O) groups excluding carboxylic acids is 1. The number of halogens is 3. The van der Waals surface area contributed by atoms with E-state index >= 15 is 0 Å². The molecule has 1 aromatic carbocycles. The Hall–Kier alpha value is -2.54. The molecular weight excluding hydrogens is 306 g/mol. The molecule has 1 amide bonds. The number of anilines is 1. The third kappa shape index (κ3) is 3.32. The van der Waals surface area contributed by atoms with Crippen LogP contribution in [0.2, 0.25) is 5.15 Å². The zero-order valence-electron chi connectivity index (χ0n) is 10.2. The number of pyridine rings is 1. The normalized spacial score (nSPS) is 10.2. The van der Waals surface area contributed by atoms with Gasteiger partial charge in [-0.3, -0.25) is 4.79 Å². The summed E-state index contributed by atoms with van der Waals surface area (Å²) in [6.45, 7) is 0. The van der Waals surface area contributed by atoms with Crippen molar-refractivity contribution in [3.8, 4) is 0 Å². The van der Waals surface area contributed by atoms with Crippen molar-refractivity contribution in [2.75, 3.05) is 5.32 Å². The summed E-state index contributed by atoms with van der Waals surface area (Å²) < 4.78 is 26.3. The first kappa shape index (κ1) is 14.9. The third-order valence-corrected chi connectivity index (χ3v) is 2.70. The number of nitrogens with one attached hydrogen (secondary N) is 1. The zero-order valence-corrected chi connectivity index (χ0v) is 11.0. The molecule has 0 aliphatic rings. The first-order valence-electron chi connectivity index (χ1n) is 5.54. The van der Waals surface area contributed by atoms with E-state index in [0.29, 0.717) is 12.1 Å². The van der Waals surface area contributed by atoms with E-state index in [1.165, 1.54) is 18.2 Å². The van der Waals surface area contributed by atoms with Gasteiger partial charge in [0.25, 0.3) is 5.91 Å². The summed E-state index contributed by atoms with van der Waals surface area (Å²) in [5.74, 6) is -5.14. The molecule has 21 heavy (non-hydrogen) atoms. The smallest absolute Gasteiger partial charge is 0.336 e. The molecule has 2 N–H and O–H groups in total. The number of benzene rings is 1. The molecule has 5 nitrogen and oxygen atoms in total. The molecule has 0 bridgehead atoms. The van der Waals surface area contributed by atoms with Crippen molar-refractivity contribution < 1.29 is 23.5 Å². The minimum absolute atomic E-state index is 0.0496. The summed E-state index contributed by atoms with van der Waals surface area (Å²) in [5, 5.41) is 11.3. The van der Waals surface area contributed by atoms with Gasteiger partial charge in [0.2, 0.25) is 0 Å². The number of amides is 1. The molecular formula is C13H7ClF2N2O3. The highest BCUT2D eigenvalue weighted by Gasteiger charge is 2.20. The molecule has 0 aliphatic heterocycles. The van der Waals surface area contributed by atoms with E-state index in [2.05, 4.69) is 10.3 Å². The van der Waals surface area contributed by atoms with Crippen molar-refractivity contribution in [3.63, 3.8) is 0 Å². The van der Waals surface area contributed by atoms with Crippen LogP contribution in [0.5, 0.6) is 0 Å². The summed E-state index contributed by atoms with van der Waals surface area (Å²) in [6.07, 6.45) is 0. The number of carboxylic acids is 1. The van der Waals surface area contributed by atoms with E-state index in [1.54, 1.807) is 0 Å². The molecule has 0 radical (unpaired) electrons. The minimum Gasteiger partial charge on any atom is -0.478 e. The number of hydrogen-bond donors (Lipinski definition) is 2. The van der Waals surface area contributed by atoms with Gasteiger partial charge in [0.15, 0.2) is 11.6 Å². The Morgan fingerprint density at radius 2 is 1.76 bits per heavy atom. The number of aromatic carboxylic acids is 1. The lowest BCUT2D eigenvalue weighted by atomic mass is 10.1. The van der Waals surface area contributed by atoms with E-state index in [4.69, 9.17) is 16.7 Å². The topological polar surface area (TPSA) is 79.3 Å². The lowest BCUT2D eigenvalue weighted by Crippen LogP contribution is -2.18. The molecule has 0 unspecified atom stereocenters. The van der Waals surface area contributed by atoms with E-state index in [1.807, 2.05) is 0 Å². The van der Waals surface area contributed by atoms with Crippen LogP contribution >= 0.6 is 11.6 Å². The van der Waals surface area contributed by atoms with E-state index < -0.39 is 34.6 Å². The Morgan fingerprint density at radius 1 is 1.14 bits per heavy atom. The fraction of sp³-hybridized carbons (Fsp3) is 0. The standard InChI is InChI=1S/C13H7ClF2N2O3/c14-10-2-1-3-11(17-10)18-12(19)6-4-8(15)9(16)5-7(6)13(20)21/h1-5H,(H,20,21)(H,17,18,19). The van der Waals surface area contributed by atoms with Crippen LogP contribution in [0.4, 0.5) is 14.6 Å². The highest BCUT2D eigenvalue weighted by Crippen LogP contribution is 2.17. The van der Waals surface area contributed by atoms with E-state index in [9.17, 15) is 18.4 Å². The lowest BCUT2D eigenvalue weighted by Gasteiger charge is -2.08. The first-order chi connectivity index (χ1) is 9.88. The van der Waals surface area contributed by atoms with Crippen molar-refractivity contribution in [1.82, 2.24) is 4.98 Å². The van der Waals surface area contributed by atoms with Gasteiger partial charge >= 0.3 is 5.97 Å². The van der Waals surface area contributed by atoms with Crippen LogP contribution in [0.25, 0.3) is 0 Å². The van der Waals surface area contributed by atoms with Crippen molar-refractivity contribution in [2.45, 2.75) is 0 Å². The van der Waals surface area contributed by atoms with Gasteiger partial charge in [-0.05, 0) is 24.3 Å². The van der Waals surface area contributed by atoms with E-state index in [0.717, 1.165) is 0 Å². The van der Waals surface area contributed by atoms with Gasteiger partial charge in [-0.25, -0.2) is 18.6 Å². The predicted octanol–water partition coefficient (Wildman–Crippen LogP) is 2.96. The lowest BCUT2D eigenvalue weighted by molar-refractivity contribution is 0.0691. The molecule has 2 rings (SSSR count). The second kappa shape index (κ2) is 5.84. The number of rotatable bonds is 3. The maximum absolute atomic E-state index is 13.2. The van der Waals surface area contributed by atoms with Crippen LogP contribution in [-0.2, 0) is 0 Å². The van der Waals surface area contributed by atoms with Crippen molar-refractivity contribution in [2.24, 2.45) is 0 Å². The molecule has 0 aliphatic carbocycles. The SMILES string of the molecule is O=C(O)c1cc(F)c(F)cc1C(=O)Nc1cccc(Cl)n1. The second-order valence-corrected chi connectivity index (χ2v) is 4.30. The largest absolute Gasteiger partial charge is 0.478 e. The van der Waals surface area contributed by atoms with Crippen LogP contribution < -0.4 is 5.32 Å². The zero-order chi connectivity index (χ0) is 15.6. The number of nitrogens with zero attached hydrogens (tertiary/aromatic N) is 1. The number of hydrogen-bond acceptors (Lipinski definition) is 3. The maximum atomic E-state index is 13.2. The van der Waals surface area contributed by atoms with Gasteiger partial charge in [-0.2, -0.15) is 0 Å². The Bertz CT molecular complexity index is 737. The van der Waals surface area contributed by atoms with Crippen molar-refractivity contribution >= 4 is 29.3 Å². The Kier molecular flexibility index (Phi) is 4.13. The number of carboxylic acid groups (broad SMARTS) is 1. The summed E-state index contributed by atoms with van der Waals surface area (Å²) in [7, 11) is 0. The molecule has 108 valence electrons. The highest BCUT2D eigenvalue weighted by molar-refractivity contribution is 6.29. The third-order valence-electron chi connectivity index (χ3n) is 2.49. The highest BCUT2D eigenvalue weighted by atomic mass is 35.5. The minimum atomic E-state index is -1.56. The van der Waals surface area contributed by atoms with Gasteiger partial charge in [0.05, 0.1) is 11.1 Å². The molecule has 0 atom stereocenters. The Balaban J connectivity index is 2.39. The average Bonchev–Trinajstić information content (AvgIpc) is 2.41. The number of aromatic nitrogens is 1. The quantitative estimate of drug-likeness (QED) is 0.854. The van der Waals surface area contributed by atoms with Crippen molar-refractivity contribution in [3.05, 3.63) is 58.2 Å². The predicted molar refractivity (Wildman–Crippen MR) is 70.5 cm³/mol.